The summed E-state index contributed by atoms with van der Waals surface area (Å²) in [5.74, 6) is 0.413. The van der Waals surface area contributed by atoms with Crippen LogP contribution in [0.4, 0.5) is 5.69 Å². The van der Waals surface area contributed by atoms with Crippen molar-refractivity contribution in [1.82, 2.24) is 0 Å². The van der Waals surface area contributed by atoms with Crippen LogP contribution in [0.1, 0.15) is 119 Å². The van der Waals surface area contributed by atoms with Crippen LogP contribution in [-0.4, -0.2) is 16.8 Å². The number of carbonyl (C=O) groups is 1. The van der Waals surface area contributed by atoms with E-state index in [1.807, 2.05) is 46.1 Å². The molecule has 328 valence electrons. The van der Waals surface area contributed by atoms with Crippen LogP contribution < -0.4 is 0 Å². The molecule has 1 aliphatic carbocycles. The van der Waals surface area contributed by atoms with E-state index in [9.17, 15) is 15.2 Å². The average Bonchev–Trinajstić information content (AvgIpc) is 4.13. The molecular weight excluding hydrogens is 881 g/mol. The Morgan fingerprint density at radius 1 is 0.750 bits per heavy atom. The van der Waals surface area contributed by atoms with Crippen molar-refractivity contribution in [2.24, 2.45) is 22.7 Å². The molecule has 0 saturated heterocycles. The highest BCUT2D eigenvalue weighted by atomic mass is 32.1. The van der Waals surface area contributed by atoms with Gasteiger partial charge in [0.2, 0.25) is 0 Å². The predicted molar refractivity (Wildman–Crippen MR) is 280 cm³/mol. The van der Waals surface area contributed by atoms with E-state index in [1.54, 1.807) is 28.2 Å². The summed E-state index contributed by atoms with van der Waals surface area (Å²) in [6.07, 6.45) is 19.5. The number of carboxylic acids is 1. The number of rotatable bonds is 17. The summed E-state index contributed by atoms with van der Waals surface area (Å²) in [6, 6.07) is 29.4. The molecule has 0 fully saturated rings. The summed E-state index contributed by atoms with van der Waals surface area (Å²) in [4.78, 5) is 24.6. The molecule has 0 amide bonds. The average molecular weight is 937 g/mol. The molecule has 1 aliphatic heterocycles. The molecule has 6 heterocycles. The predicted octanol–water partition coefficient (Wildman–Crippen LogP) is 17.8. The van der Waals surface area contributed by atoms with E-state index in [-0.39, 0.29) is 5.57 Å². The lowest BCUT2D eigenvalue weighted by atomic mass is 9.74. The zero-order valence-electron chi connectivity index (χ0n) is 37.3. The zero-order valence-corrected chi connectivity index (χ0v) is 41.4. The Balaban J connectivity index is 1.07. The number of fused-ring (bicyclic) bond motifs is 4. The maximum absolute atomic E-state index is 11.5. The highest BCUT2D eigenvalue weighted by Gasteiger charge is 2.31. The quantitative estimate of drug-likeness (QED) is 0.0428. The number of aliphatic carboxylic acids is 1. The third-order valence-electron chi connectivity index (χ3n) is 12.9. The smallest absolute Gasteiger partial charge is 0.346 e. The Labute approximate surface area is 398 Å². The number of aliphatic imine (C=N–C) groups is 1. The second-order valence-corrected chi connectivity index (χ2v) is 23.3. The van der Waals surface area contributed by atoms with E-state index >= 15 is 0 Å². The van der Waals surface area contributed by atoms with Gasteiger partial charge in [-0.3, -0.25) is 4.99 Å². The summed E-state index contributed by atoms with van der Waals surface area (Å²) in [6.45, 7) is 9.36. The van der Waals surface area contributed by atoms with Gasteiger partial charge in [0.15, 0.2) is 0 Å². The molecule has 0 bridgehead atoms. The van der Waals surface area contributed by atoms with Gasteiger partial charge in [0.1, 0.15) is 11.6 Å². The number of para-hydroxylation sites is 1. The molecule has 0 saturated carbocycles. The van der Waals surface area contributed by atoms with E-state index in [0.29, 0.717) is 17.8 Å². The van der Waals surface area contributed by atoms with Gasteiger partial charge in [-0.25, -0.2) is 4.79 Å². The van der Waals surface area contributed by atoms with Crippen LogP contribution in [0.5, 0.6) is 0 Å². The monoisotopic (exact) mass is 936 g/mol. The van der Waals surface area contributed by atoms with Crippen LogP contribution >= 0.6 is 56.7 Å². The van der Waals surface area contributed by atoms with Crippen molar-refractivity contribution in [3.8, 4) is 36.0 Å². The maximum atomic E-state index is 11.5. The normalized spacial score (nSPS) is 17.7. The molecule has 5 aromatic heterocycles. The SMILES string of the molecule is CCCCCCc1cc(-c2sc(-c3cc4sc5cc(/C=C(\C#N)C(=O)O)sc5c4s3)cc2CCCCCC)sc1-c1ccc(C2=Nc3ccccc3CC2C2=CC(C)CC(C)C2)cc1. The summed E-state index contributed by atoms with van der Waals surface area (Å²) in [5, 5.41) is 18.8. The number of carboxylic acid groups (broad SMARTS) is 1. The first-order chi connectivity index (χ1) is 31.2. The molecule has 0 spiro atoms. The molecule has 2 aliphatic rings. The van der Waals surface area contributed by atoms with Crippen LogP contribution in [0.25, 0.3) is 54.8 Å². The molecule has 1 N–H and O–H groups in total. The number of hydrogen-bond acceptors (Lipinski definition) is 8. The lowest BCUT2D eigenvalue weighted by molar-refractivity contribution is -0.132. The van der Waals surface area contributed by atoms with Gasteiger partial charge >= 0.3 is 5.97 Å². The van der Waals surface area contributed by atoms with Gasteiger partial charge in [0.05, 0.1) is 20.8 Å². The van der Waals surface area contributed by atoms with E-state index in [1.165, 1.54) is 136 Å². The first-order valence-electron chi connectivity index (χ1n) is 23.2. The minimum atomic E-state index is -1.19. The van der Waals surface area contributed by atoms with Gasteiger partial charge in [0.25, 0.3) is 0 Å². The fourth-order valence-electron chi connectivity index (χ4n) is 9.79. The van der Waals surface area contributed by atoms with Crippen LogP contribution in [-0.2, 0) is 24.1 Å². The Morgan fingerprint density at radius 3 is 2.12 bits per heavy atom. The molecule has 7 aromatic rings. The van der Waals surface area contributed by atoms with E-state index in [2.05, 4.69) is 101 Å². The number of benzene rings is 2. The largest absolute Gasteiger partial charge is 0.477 e. The Kier molecular flexibility index (Phi) is 14.0. The lowest BCUT2D eigenvalue weighted by Crippen LogP contribution is -2.27. The van der Waals surface area contributed by atoms with Crippen molar-refractivity contribution in [3.63, 3.8) is 0 Å². The second-order valence-electron chi connectivity index (χ2n) is 18.0. The van der Waals surface area contributed by atoms with Gasteiger partial charge in [-0.15, -0.1) is 56.7 Å². The highest BCUT2D eigenvalue weighted by Crippen LogP contribution is 2.51. The molecule has 9 heteroatoms. The fourth-order valence-corrected chi connectivity index (χ4v) is 16.4. The van der Waals surface area contributed by atoms with Gasteiger partial charge < -0.3 is 5.11 Å². The van der Waals surface area contributed by atoms with Crippen molar-refractivity contribution in [2.75, 3.05) is 0 Å². The maximum Gasteiger partial charge on any atom is 0.346 e. The number of unbranched alkanes of at least 4 members (excludes halogenated alkanes) is 6. The second kappa shape index (κ2) is 20.0. The van der Waals surface area contributed by atoms with Crippen molar-refractivity contribution in [3.05, 3.63) is 117 Å². The van der Waals surface area contributed by atoms with E-state index in [4.69, 9.17) is 4.99 Å². The van der Waals surface area contributed by atoms with Crippen molar-refractivity contribution in [1.29, 1.82) is 5.26 Å². The van der Waals surface area contributed by atoms with Crippen molar-refractivity contribution < 1.29 is 9.90 Å². The Hall–Kier alpha value is -4.43. The molecule has 64 heavy (non-hydrogen) atoms. The molecule has 0 radical (unpaired) electrons. The Morgan fingerprint density at radius 2 is 1.41 bits per heavy atom. The summed E-state index contributed by atoms with van der Waals surface area (Å²) in [7, 11) is 0. The summed E-state index contributed by atoms with van der Waals surface area (Å²) >= 11 is 9.10. The first kappa shape index (κ1) is 44.8. The number of aryl methyl sites for hydroxylation is 2. The summed E-state index contributed by atoms with van der Waals surface area (Å²) < 4.78 is 4.83. The molecule has 4 nitrogen and oxygen atoms in total. The van der Waals surface area contributed by atoms with Gasteiger partial charge in [0, 0.05) is 44.6 Å². The van der Waals surface area contributed by atoms with Crippen LogP contribution in [0.2, 0.25) is 0 Å². The fraction of sp³-hybridized carbons (Fsp3) is 0.364. The molecule has 3 unspecified atom stereocenters. The Bertz CT molecular complexity index is 2940. The molecule has 3 atom stereocenters. The number of nitrogens with zero attached hydrogens (tertiary/aromatic N) is 2. The summed E-state index contributed by atoms with van der Waals surface area (Å²) in [5.41, 5.74) is 10.5. The van der Waals surface area contributed by atoms with E-state index in [0.717, 1.165) is 40.9 Å². The topological polar surface area (TPSA) is 73.5 Å². The van der Waals surface area contributed by atoms with Crippen LogP contribution in [0, 0.1) is 29.1 Å². The third kappa shape index (κ3) is 9.59. The van der Waals surface area contributed by atoms with Gasteiger partial charge in [-0.05, 0) is 121 Å². The van der Waals surface area contributed by atoms with Crippen LogP contribution in [0.3, 0.4) is 0 Å². The molecule has 9 rings (SSSR count). The minimum absolute atomic E-state index is 0.237. The highest BCUT2D eigenvalue weighted by molar-refractivity contribution is 7.40. The zero-order chi connectivity index (χ0) is 44.3. The standard InChI is InChI=1S/C55H56N2O2S5/c1-5-7-9-11-16-38-29-47(64-51(38)36-21-19-35(20-22-36)50-43(40-24-33(3)23-34(4)25-40)27-37-15-13-14-18-44(37)57-50)52-39(17-12-10-8-6-2)28-45(62-52)46-31-49-54(63-46)53-48(61-49)30-42(60-53)26-41(32-56)55(58)59/h13-15,18-22,24,26,28-31,33-34,43H,5-12,16-17,23,25,27H2,1-4H3,(H,58,59)/b41-26+. The van der Waals surface area contributed by atoms with Gasteiger partial charge in [-0.1, -0.05) is 120 Å². The number of nitriles is 1. The molecular formula is C55H56N2O2S5. The first-order valence-corrected chi connectivity index (χ1v) is 27.3. The third-order valence-corrected chi connectivity index (χ3v) is 19.4. The van der Waals surface area contributed by atoms with Crippen molar-refractivity contribution in [2.45, 2.75) is 111 Å². The van der Waals surface area contributed by atoms with E-state index < -0.39 is 5.97 Å². The van der Waals surface area contributed by atoms with Crippen LogP contribution in [0.15, 0.2) is 95.0 Å². The minimum Gasteiger partial charge on any atom is -0.477 e. The number of thiophene rings is 5. The van der Waals surface area contributed by atoms with Gasteiger partial charge in [-0.2, -0.15) is 5.26 Å². The number of allylic oxidation sites excluding steroid dienone is 2. The van der Waals surface area contributed by atoms with Crippen molar-refractivity contribution >= 4 is 98.9 Å². The number of hydrogen-bond donors (Lipinski definition) is 1. The lowest BCUT2D eigenvalue weighted by Gasteiger charge is -2.33. The molecule has 2 aromatic carbocycles.